The molecule has 2 amide bonds. The maximum atomic E-state index is 13.2. The van der Waals surface area contributed by atoms with Gasteiger partial charge in [-0.2, -0.15) is 4.31 Å². The number of nitrogens with one attached hydrogen (secondary N) is 2. The van der Waals surface area contributed by atoms with Crippen molar-refractivity contribution in [2.75, 3.05) is 26.2 Å². The van der Waals surface area contributed by atoms with Crippen LogP contribution in [0.2, 0.25) is 0 Å². The van der Waals surface area contributed by atoms with Crippen molar-refractivity contribution in [1.29, 1.82) is 0 Å². The Balaban J connectivity index is 2.10. The number of nitrogens with zero attached hydrogens (tertiary/aromatic N) is 1. The third-order valence-electron chi connectivity index (χ3n) is 4.43. The molecule has 1 atom stereocenters. The van der Waals surface area contributed by atoms with Crippen molar-refractivity contribution < 1.29 is 22.7 Å². The van der Waals surface area contributed by atoms with E-state index >= 15 is 0 Å². The van der Waals surface area contributed by atoms with Crippen molar-refractivity contribution in [2.24, 2.45) is 5.92 Å². The number of carbonyl (C=O) groups is 2. The zero-order valence-corrected chi connectivity index (χ0v) is 17.9. The predicted molar refractivity (Wildman–Crippen MR) is 105 cm³/mol. The lowest BCUT2D eigenvalue weighted by Gasteiger charge is -2.24. The Hall–Kier alpha value is -1.97. The third-order valence-corrected chi connectivity index (χ3v) is 6.62. The fourth-order valence-corrected chi connectivity index (χ4v) is 5.20. The van der Waals surface area contributed by atoms with Crippen LogP contribution in [0.25, 0.3) is 0 Å². The van der Waals surface area contributed by atoms with Crippen LogP contribution >= 0.6 is 0 Å². The smallest absolute Gasteiger partial charge is 0.309 e. The molecule has 0 saturated carbocycles. The van der Waals surface area contributed by atoms with Crippen molar-refractivity contribution >= 4 is 21.8 Å². The van der Waals surface area contributed by atoms with E-state index in [1.54, 1.807) is 13.8 Å². The van der Waals surface area contributed by atoms with Crippen LogP contribution < -0.4 is 10.6 Å². The summed E-state index contributed by atoms with van der Waals surface area (Å²) in [6.07, 6.45) is -0.855. The molecule has 2 rings (SSSR count). The SMILES string of the molecule is Cc1cc(C)c(S(=O)(=O)N2CCO[C@@H]2CNC(=O)C(=O)NCC(C)C)c(C)c1. The third kappa shape index (κ3) is 5.09. The Morgan fingerprint density at radius 1 is 1.14 bits per heavy atom. The number of rotatable bonds is 6. The summed E-state index contributed by atoms with van der Waals surface area (Å²) in [6.45, 7) is 9.98. The normalized spacial score (nSPS) is 17.7. The molecule has 28 heavy (non-hydrogen) atoms. The highest BCUT2D eigenvalue weighted by atomic mass is 32.2. The minimum atomic E-state index is -3.80. The van der Waals surface area contributed by atoms with Crippen LogP contribution in [0.4, 0.5) is 0 Å². The van der Waals surface area contributed by atoms with Gasteiger partial charge in [0, 0.05) is 13.1 Å². The zero-order valence-electron chi connectivity index (χ0n) is 17.0. The minimum Gasteiger partial charge on any atom is -0.359 e. The molecule has 9 heteroatoms. The summed E-state index contributed by atoms with van der Waals surface area (Å²) in [7, 11) is -3.80. The molecule has 1 aliphatic heterocycles. The molecular weight excluding hydrogens is 382 g/mol. The van der Waals surface area contributed by atoms with E-state index < -0.39 is 28.1 Å². The first-order chi connectivity index (χ1) is 13.0. The molecule has 0 aliphatic carbocycles. The highest BCUT2D eigenvalue weighted by Crippen LogP contribution is 2.28. The van der Waals surface area contributed by atoms with E-state index in [2.05, 4.69) is 10.6 Å². The van der Waals surface area contributed by atoms with Crippen LogP contribution in [0.3, 0.4) is 0 Å². The van der Waals surface area contributed by atoms with Gasteiger partial charge in [-0.05, 0) is 37.8 Å². The molecule has 2 N–H and O–H groups in total. The van der Waals surface area contributed by atoms with E-state index in [1.807, 2.05) is 32.9 Å². The molecule has 1 aromatic rings. The molecule has 1 fully saturated rings. The molecule has 0 spiro atoms. The van der Waals surface area contributed by atoms with Crippen molar-refractivity contribution in [3.8, 4) is 0 Å². The Bertz CT molecular complexity index is 828. The Kier molecular flexibility index (Phi) is 7.19. The zero-order chi connectivity index (χ0) is 21.1. The molecule has 8 nitrogen and oxygen atoms in total. The summed E-state index contributed by atoms with van der Waals surface area (Å²) in [6, 6.07) is 3.65. The quantitative estimate of drug-likeness (QED) is 0.675. The van der Waals surface area contributed by atoms with Crippen molar-refractivity contribution in [1.82, 2.24) is 14.9 Å². The van der Waals surface area contributed by atoms with Crippen LogP contribution in [0, 0.1) is 26.7 Å². The van der Waals surface area contributed by atoms with E-state index in [0.29, 0.717) is 17.7 Å². The van der Waals surface area contributed by atoms with Gasteiger partial charge >= 0.3 is 11.8 Å². The van der Waals surface area contributed by atoms with Crippen LogP contribution in [-0.4, -0.2) is 57.0 Å². The van der Waals surface area contributed by atoms with E-state index in [-0.39, 0.29) is 30.5 Å². The number of sulfonamides is 1. The molecule has 0 aromatic heterocycles. The highest BCUT2D eigenvalue weighted by Gasteiger charge is 2.38. The van der Waals surface area contributed by atoms with Crippen LogP contribution in [-0.2, 0) is 24.3 Å². The number of hydrogen-bond acceptors (Lipinski definition) is 5. The molecule has 0 radical (unpaired) electrons. The molecule has 1 aromatic carbocycles. The fraction of sp³-hybridized carbons (Fsp3) is 0.579. The number of ether oxygens (including phenoxy) is 1. The average Bonchev–Trinajstić information content (AvgIpc) is 3.05. The summed E-state index contributed by atoms with van der Waals surface area (Å²) >= 11 is 0. The van der Waals surface area contributed by atoms with Crippen LogP contribution in [0.5, 0.6) is 0 Å². The van der Waals surface area contributed by atoms with Gasteiger partial charge < -0.3 is 15.4 Å². The predicted octanol–water partition coefficient (Wildman–Crippen LogP) is 0.847. The van der Waals surface area contributed by atoms with E-state index in [1.165, 1.54) is 4.31 Å². The van der Waals surface area contributed by atoms with Crippen molar-refractivity contribution in [3.63, 3.8) is 0 Å². The number of amides is 2. The first kappa shape index (κ1) is 22.3. The molecule has 1 saturated heterocycles. The topological polar surface area (TPSA) is 105 Å². The molecule has 0 unspecified atom stereocenters. The van der Waals surface area contributed by atoms with Gasteiger partial charge in [-0.1, -0.05) is 31.5 Å². The maximum absolute atomic E-state index is 13.2. The second-order valence-electron chi connectivity index (χ2n) is 7.48. The highest BCUT2D eigenvalue weighted by molar-refractivity contribution is 7.89. The lowest BCUT2D eigenvalue weighted by atomic mass is 10.1. The molecule has 1 heterocycles. The summed E-state index contributed by atoms with van der Waals surface area (Å²) in [5, 5.41) is 4.98. The van der Waals surface area contributed by atoms with Gasteiger partial charge in [0.05, 0.1) is 18.0 Å². The van der Waals surface area contributed by atoms with Gasteiger partial charge in [0.25, 0.3) is 0 Å². The van der Waals surface area contributed by atoms with E-state index in [9.17, 15) is 18.0 Å². The summed E-state index contributed by atoms with van der Waals surface area (Å²) in [5.41, 5.74) is 2.32. The average molecular weight is 412 g/mol. The monoisotopic (exact) mass is 411 g/mol. The Morgan fingerprint density at radius 2 is 1.71 bits per heavy atom. The van der Waals surface area contributed by atoms with Gasteiger partial charge in [-0.15, -0.1) is 0 Å². The van der Waals surface area contributed by atoms with E-state index in [4.69, 9.17) is 4.74 Å². The van der Waals surface area contributed by atoms with Gasteiger partial charge in [-0.3, -0.25) is 9.59 Å². The largest absolute Gasteiger partial charge is 0.359 e. The second kappa shape index (κ2) is 9.02. The fourth-order valence-electron chi connectivity index (χ4n) is 3.27. The number of benzene rings is 1. The molecule has 156 valence electrons. The van der Waals surface area contributed by atoms with Gasteiger partial charge in [0.1, 0.15) is 6.23 Å². The van der Waals surface area contributed by atoms with Crippen LogP contribution in [0.1, 0.15) is 30.5 Å². The van der Waals surface area contributed by atoms with Gasteiger partial charge in [-0.25, -0.2) is 8.42 Å². The van der Waals surface area contributed by atoms with Crippen molar-refractivity contribution in [3.05, 3.63) is 28.8 Å². The number of aryl methyl sites for hydroxylation is 3. The van der Waals surface area contributed by atoms with Gasteiger partial charge in [0.2, 0.25) is 10.0 Å². The maximum Gasteiger partial charge on any atom is 0.309 e. The summed E-state index contributed by atoms with van der Waals surface area (Å²) < 4.78 is 33.2. The first-order valence-corrected chi connectivity index (χ1v) is 10.8. The minimum absolute atomic E-state index is 0.100. The van der Waals surface area contributed by atoms with Crippen LogP contribution in [0.15, 0.2) is 17.0 Å². The lowest BCUT2D eigenvalue weighted by Crippen LogP contribution is -2.48. The van der Waals surface area contributed by atoms with E-state index in [0.717, 1.165) is 5.56 Å². The summed E-state index contributed by atoms with van der Waals surface area (Å²) in [4.78, 5) is 24.0. The molecule has 1 aliphatic rings. The Labute approximate surface area is 166 Å². The summed E-state index contributed by atoms with van der Waals surface area (Å²) in [5.74, 6) is -1.33. The number of carbonyl (C=O) groups excluding carboxylic acids is 2. The molecular formula is C19H29N3O5S. The standard InChI is InChI=1S/C19H29N3O5S/c1-12(2)10-20-18(23)19(24)21-11-16-22(6-7-27-16)28(25,26)17-14(4)8-13(3)9-15(17)5/h8-9,12,16H,6-7,10-11H2,1-5H3,(H,20,23)(H,21,24)/t16-/m1/s1. The second-order valence-corrected chi connectivity index (χ2v) is 9.31. The van der Waals surface area contributed by atoms with Crippen molar-refractivity contribution in [2.45, 2.75) is 45.7 Å². The number of hydrogen-bond donors (Lipinski definition) is 2. The lowest BCUT2D eigenvalue weighted by molar-refractivity contribution is -0.139. The Morgan fingerprint density at radius 3 is 2.29 bits per heavy atom. The van der Waals surface area contributed by atoms with Gasteiger partial charge in [0.15, 0.2) is 0 Å². The first-order valence-electron chi connectivity index (χ1n) is 9.31. The molecule has 0 bridgehead atoms.